The highest BCUT2D eigenvalue weighted by molar-refractivity contribution is 14.0. The summed E-state index contributed by atoms with van der Waals surface area (Å²) < 4.78 is 0. The van der Waals surface area contributed by atoms with Crippen molar-refractivity contribution in [1.82, 2.24) is 15.5 Å². The zero-order chi connectivity index (χ0) is 17.9. The third-order valence-corrected chi connectivity index (χ3v) is 6.41. The fraction of sp³-hybridized carbons (Fsp3) is 0.947. The van der Waals surface area contributed by atoms with Crippen LogP contribution in [0.3, 0.4) is 0 Å². The maximum atomic E-state index is 9.57. The van der Waals surface area contributed by atoms with E-state index < -0.39 is 0 Å². The van der Waals surface area contributed by atoms with Crippen LogP contribution in [-0.4, -0.2) is 71.8 Å². The minimum absolute atomic E-state index is 0. The third kappa shape index (κ3) is 9.46. The van der Waals surface area contributed by atoms with Crippen LogP contribution in [0.5, 0.6) is 0 Å². The molecule has 0 aromatic rings. The van der Waals surface area contributed by atoms with Crippen LogP contribution < -0.4 is 10.6 Å². The van der Waals surface area contributed by atoms with Gasteiger partial charge in [-0.15, -0.1) is 24.0 Å². The lowest BCUT2D eigenvalue weighted by atomic mass is 9.95. The Hall–Kier alpha value is 0.270. The van der Waals surface area contributed by atoms with E-state index in [-0.39, 0.29) is 30.1 Å². The molecule has 0 radical (unpaired) electrons. The average Bonchev–Trinajstić information content (AvgIpc) is 2.61. The summed E-state index contributed by atoms with van der Waals surface area (Å²) in [5, 5.41) is 17.5. The van der Waals surface area contributed by atoms with E-state index in [1.165, 1.54) is 31.4 Å². The number of aliphatic imine (C=N–C) groups is 1. The van der Waals surface area contributed by atoms with Gasteiger partial charge in [-0.1, -0.05) is 13.3 Å². The molecule has 26 heavy (non-hydrogen) atoms. The number of rotatable bonds is 8. The van der Waals surface area contributed by atoms with Crippen LogP contribution in [0.15, 0.2) is 4.99 Å². The molecule has 1 heterocycles. The zero-order valence-electron chi connectivity index (χ0n) is 16.6. The van der Waals surface area contributed by atoms with Crippen LogP contribution in [-0.2, 0) is 0 Å². The van der Waals surface area contributed by atoms with Gasteiger partial charge in [0.1, 0.15) is 0 Å². The van der Waals surface area contributed by atoms with E-state index in [4.69, 9.17) is 4.99 Å². The van der Waals surface area contributed by atoms with Crippen molar-refractivity contribution < 1.29 is 5.11 Å². The summed E-state index contributed by atoms with van der Waals surface area (Å²) in [7, 11) is 0. The molecule has 1 aliphatic carbocycles. The fourth-order valence-electron chi connectivity index (χ4n) is 3.80. The molecule has 5 nitrogen and oxygen atoms in total. The van der Waals surface area contributed by atoms with Gasteiger partial charge in [-0.3, -0.25) is 4.99 Å². The second-order valence-corrected chi connectivity index (χ2v) is 8.85. The molecular formula is C19H39IN4OS. The van der Waals surface area contributed by atoms with Gasteiger partial charge in [0.2, 0.25) is 0 Å². The van der Waals surface area contributed by atoms with Crippen molar-refractivity contribution in [2.24, 2.45) is 4.99 Å². The fourth-order valence-corrected chi connectivity index (χ4v) is 4.98. The normalized spacial score (nSPS) is 25.6. The topological polar surface area (TPSA) is 59.9 Å². The lowest BCUT2D eigenvalue weighted by Crippen LogP contribution is -2.45. The molecule has 1 aliphatic heterocycles. The highest BCUT2D eigenvalue weighted by Crippen LogP contribution is 2.28. The summed E-state index contributed by atoms with van der Waals surface area (Å²) in [6.07, 6.45) is 8.08. The quantitative estimate of drug-likeness (QED) is 0.208. The molecule has 0 aromatic carbocycles. The Bertz CT molecular complexity index is 390. The number of nitrogens with zero attached hydrogens (tertiary/aromatic N) is 2. The first kappa shape index (κ1) is 24.3. The van der Waals surface area contributed by atoms with Crippen molar-refractivity contribution in [1.29, 1.82) is 0 Å². The summed E-state index contributed by atoms with van der Waals surface area (Å²) in [4.78, 5) is 7.24. The molecular weight excluding hydrogens is 459 g/mol. The molecule has 0 aromatic heterocycles. The maximum absolute atomic E-state index is 9.57. The summed E-state index contributed by atoms with van der Waals surface area (Å²) >= 11 is 2.11. The number of guanidine groups is 1. The van der Waals surface area contributed by atoms with E-state index in [1.54, 1.807) is 0 Å². The Balaban J connectivity index is 0.00000338. The number of thioether (sulfide) groups is 1. The van der Waals surface area contributed by atoms with E-state index in [9.17, 15) is 5.11 Å². The zero-order valence-corrected chi connectivity index (χ0v) is 19.7. The average molecular weight is 499 g/mol. The van der Waals surface area contributed by atoms with Gasteiger partial charge in [0.15, 0.2) is 5.96 Å². The summed E-state index contributed by atoms with van der Waals surface area (Å²) in [6.45, 7) is 9.32. The molecule has 154 valence electrons. The molecule has 2 fully saturated rings. The first-order chi connectivity index (χ1) is 12.2. The lowest BCUT2D eigenvalue weighted by Gasteiger charge is -2.30. The number of piperidine rings is 1. The van der Waals surface area contributed by atoms with Crippen LogP contribution in [0.1, 0.15) is 58.8 Å². The van der Waals surface area contributed by atoms with E-state index in [2.05, 4.69) is 41.1 Å². The molecule has 2 aliphatic rings. The van der Waals surface area contributed by atoms with Gasteiger partial charge in [0.25, 0.3) is 0 Å². The van der Waals surface area contributed by atoms with Crippen LogP contribution >= 0.6 is 35.7 Å². The molecule has 1 saturated heterocycles. The minimum Gasteiger partial charge on any atom is -0.393 e. The van der Waals surface area contributed by atoms with Crippen LogP contribution in [0.2, 0.25) is 0 Å². The molecule has 7 heteroatoms. The number of hydrogen-bond donors (Lipinski definition) is 3. The van der Waals surface area contributed by atoms with Gasteiger partial charge >= 0.3 is 0 Å². The molecule has 0 bridgehead atoms. The molecule has 0 spiro atoms. The summed E-state index contributed by atoms with van der Waals surface area (Å²) in [5.41, 5.74) is 0. The van der Waals surface area contributed by atoms with Crippen molar-refractivity contribution in [2.45, 2.75) is 76.2 Å². The van der Waals surface area contributed by atoms with Crippen molar-refractivity contribution >= 4 is 41.7 Å². The number of hydrogen-bond acceptors (Lipinski definition) is 4. The van der Waals surface area contributed by atoms with Gasteiger partial charge in [0.05, 0.1) is 6.10 Å². The number of nitrogens with one attached hydrogen (secondary N) is 2. The summed E-state index contributed by atoms with van der Waals surface area (Å²) in [5.74, 6) is 2.21. The Kier molecular flexibility index (Phi) is 13.4. The van der Waals surface area contributed by atoms with Gasteiger partial charge in [-0.25, -0.2) is 0 Å². The smallest absolute Gasteiger partial charge is 0.191 e. The Morgan fingerprint density at radius 1 is 1.19 bits per heavy atom. The SMILES string of the molecule is CCNC(=NCCCN1CCC(O)CC1)NC1CCCC(SCC)C1.I. The largest absolute Gasteiger partial charge is 0.393 e. The van der Waals surface area contributed by atoms with Gasteiger partial charge < -0.3 is 20.6 Å². The van der Waals surface area contributed by atoms with E-state index in [0.29, 0.717) is 6.04 Å². The minimum atomic E-state index is -0.0796. The Morgan fingerprint density at radius 3 is 2.65 bits per heavy atom. The highest BCUT2D eigenvalue weighted by Gasteiger charge is 2.22. The van der Waals surface area contributed by atoms with Gasteiger partial charge in [0, 0.05) is 37.5 Å². The molecule has 2 rings (SSSR count). The first-order valence-electron chi connectivity index (χ1n) is 10.3. The van der Waals surface area contributed by atoms with Crippen molar-refractivity contribution in [3.05, 3.63) is 0 Å². The van der Waals surface area contributed by atoms with Gasteiger partial charge in [-0.2, -0.15) is 11.8 Å². The maximum Gasteiger partial charge on any atom is 0.191 e. The molecule has 3 N–H and O–H groups in total. The highest BCUT2D eigenvalue weighted by atomic mass is 127. The predicted molar refractivity (Wildman–Crippen MR) is 125 cm³/mol. The summed E-state index contributed by atoms with van der Waals surface area (Å²) in [6, 6.07) is 0.569. The number of aliphatic hydroxyl groups is 1. The van der Waals surface area contributed by atoms with Crippen LogP contribution in [0.4, 0.5) is 0 Å². The Labute approximate surface area is 181 Å². The second-order valence-electron chi connectivity index (χ2n) is 7.27. The molecule has 2 atom stereocenters. The van der Waals surface area contributed by atoms with E-state index in [1.807, 2.05) is 0 Å². The lowest BCUT2D eigenvalue weighted by molar-refractivity contribution is 0.0824. The van der Waals surface area contributed by atoms with Crippen LogP contribution in [0, 0.1) is 0 Å². The second kappa shape index (κ2) is 14.3. The number of aliphatic hydroxyl groups excluding tert-OH is 1. The molecule has 0 amide bonds. The Morgan fingerprint density at radius 2 is 1.96 bits per heavy atom. The van der Waals surface area contributed by atoms with Crippen molar-refractivity contribution in [2.75, 3.05) is 38.5 Å². The predicted octanol–water partition coefficient (Wildman–Crippen LogP) is 3.07. The third-order valence-electron chi connectivity index (χ3n) is 5.17. The number of likely N-dealkylation sites (tertiary alicyclic amines) is 1. The molecule has 1 saturated carbocycles. The number of halogens is 1. The van der Waals surface area contributed by atoms with Crippen molar-refractivity contribution in [3.8, 4) is 0 Å². The van der Waals surface area contributed by atoms with Crippen molar-refractivity contribution in [3.63, 3.8) is 0 Å². The van der Waals surface area contributed by atoms with E-state index >= 15 is 0 Å². The first-order valence-corrected chi connectivity index (χ1v) is 11.3. The van der Waals surface area contributed by atoms with Crippen LogP contribution in [0.25, 0.3) is 0 Å². The van der Waals surface area contributed by atoms with Gasteiger partial charge in [-0.05, 0) is 57.7 Å². The van der Waals surface area contributed by atoms with E-state index in [0.717, 1.165) is 63.2 Å². The monoisotopic (exact) mass is 498 g/mol. The standard InChI is InChI=1S/C19H38N4OS.HI/c1-3-20-19(22-16-7-5-8-18(15-16)25-4-2)21-11-6-12-23-13-9-17(24)10-14-23;/h16-18,24H,3-15H2,1-2H3,(H2,20,21,22);1H. The molecule has 2 unspecified atom stereocenters.